The summed E-state index contributed by atoms with van der Waals surface area (Å²) >= 11 is 2.12. The zero-order valence-electron chi connectivity index (χ0n) is 6.63. The predicted octanol–water partition coefficient (Wildman–Crippen LogP) is 1.96. The van der Waals surface area contributed by atoms with E-state index in [0.29, 0.717) is 5.56 Å². The molecule has 12 heavy (non-hydrogen) atoms. The van der Waals surface area contributed by atoms with Crippen LogP contribution in [0.25, 0.3) is 0 Å². The molecule has 1 N–H and O–H groups in total. The van der Waals surface area contributed by atoms with Crippen LogP contribution in [-0.2, 0) is 6.61 Å². The Morgan fingerprint density at radius 2 is 2.25 bits per heavy atom. The van der Waals surface area contributed by atoms with Crippen LogP contribution in [0.1, 0.15) is 16.7 Å². The van der Waals surface area contributed by atoms with Gasteiger partial charge in [-0.2, -0.15) is 5.26 Å². The van der Waals surface area contributed by atoms with Gasteiger partial charge in [0.1, 0.15) is 6.07 Å². The molecule has 0 aliphatic rings. The minimum Gasteiger partial charge on any atom is -0.392 e. The first-order valence-corrected chi connectivity index (χ1v) is 4.57. The van der Waals surface area contributed by atoms with Crippen molar-refractivity contribution in [3.05, 3.63) is 32.4 Å². The highest BCUT2D eigenvalue weighted by Gasteiger charge is 2.05. The van der Waals surface area contributed by atoms with Gasteiger partial charge in [-0.15, -0.1) is 0 Å². The number of benzene rings is 1. The van der Waals surface area contributed by atoms with Gasteiger partial charge in [0.2, 0.25) is 0 Å². The van der Waals surface area contributed by atoms with Crippen molar-refractivity contribution in [3.8, 4) is 6.07 Å². The minimum atomic E-state index is 0.0353. The number of aliphatic hydroxyl groups is 1. The summed E-state index contributed by atoms with van der Waals surface area (Å²) in [5, 5.41) is 17.6. The predicted molar refractivity (Wildman–Crippen MR) is 54.5 cm³/mol. The van der Waals surface area contributed by atoms with Crippen LogP contribution in [0.3, 0.4) is 0 Å². The van der Waals surface area contributed by atoms with Crippen molar-refractivity contribution < 1.29 is 5.11 Å². The lowest BCUT2D eigenvalue weighted by Gasteiger charge is -2.05. The fourth-order valence-electron chi connectivity index (χ4n) is 0.983. The Morgan fingerprint density at radius 3 is 2.75 bits per heavy atom. The summed E-state index contributed by atoms with van der Waals surface area (Å²) in [4.78, 5) is 0. The number of nitrogens with zero attached hydrogens (tertiary/aromatic N) is 1. The molecule has 1 aromatic carbocycles. The number of hydrogen-bond donors (Lipinski definition) is 1. The molecule has 0 unspecified atom stereocenters. The Hall–Kier alpha value is -0.600. The van der Waals surface area contributed by atoms with Crippen molar-refractivity contribution in [2.75, 3.05) is 0 Å². The first-order chi connectivity index (χ1) is 5.70. The van der Waals surface area contributed by atoms with E-state index >= 15 is 0 Å². The lowest BCUT2D eigenvalue weighted by atomic mass is 10.1. The van der Waals surface area contributed by atoms with Gasteiger partial charge in [0, 0.05) is 3.57 Å². The Kier molecular flexibility index (Phi) is 3.06. The largest absolute Gasteiger partial charge is 0.392 e. The summed E-state index contributed by atoms with van der Waals surface area (Å²) in [6.45, 7) is 1.95. The molecular formula is C9H8INO. The Labute approximate surface area is 85.0 Å². The Morgan fingerprint density at radius 1 is 1.58 bits per heavy atom. The van der Waals surface area contributed by atoms with E-state index in [1.54, 1.807) is 12.1 Å². The molecule has 0 fully saturated rings. The molecule has 0 saturated heterocycles. The summed E-state index contributed by atoms with van der Waals surface area (Å²) in [5.41, 5.74) is 2.56. The van der Waals surface area contributed by atoms with Gasteiger partial charge in [-0.3, -0.25) is 0 Å². The standard InChI is InChI=1S/C9H8INO/c1-6-8(5-12)3-2-7(4-11)9(6)10/h2-3,12H,5H2,1H3. The highest BCUT2D eigenvalue weighted by atomic mass is 127. The molecule has 0 heterocycles. The fraction of sp³-hybridized carbons (Fsp3) is 0.222. The number of halogens is 1. The van der Waals surface area contributed by atoms with Crippen molar-refractivity contribution in [1.29, 1.82) is 5.26 Å². The van der Waals surface area contributed by atoms with Crippen LogP contribution in [0.4, 0.5) is 0 Å². The van der Waals surface area contributed by atoms with E-state index in [1.165, 1.54) is 0 Å². The summed E-state index contributed by atoms with van der Waals surface area (Å²) < 4.78 is 0.932. The van der Waals surface area contributed by atoms with Crippen molar-refractivity contribution in [2.45, 2.75) is 13.5 Å². The normalized spacial score (nSPS) is 9.50. The van der Waals surface area contributed by atoms with Crippen LogP contribution in [-0.4, -0.2) is 5.11 Å². The molecule has 0 atom stereocenters. The number of rotatable bonds is 1. The summed E-state index contributed by atoms with van der Waals surface area (Å²) in [5.74, 6) is 0. The second-order valence-corrected chi connectivity index (χ2v) is 3.56. The van der Waals surface area contributed by atoms with Crippen LogP contribution in [0.15, 0.2) is 12.1 Å². The van der Waals surface area contributed by atoms with E-state index < -0.39 is 0 Å². The highest BCUT2D eigenvalue weighted by Crippen LogP contribution is 2.19. The molecule has 0 spiro atoms. The van der Waals surface area contributed by atoms with Gasteiger partial charge in [0.25, 0.3) is 0 Å². The number of nitriles is 1. The van der Waals surface area contributed by atoms with Crippen LogP contribution < -0.4 is 0 Å². The molecule has 62 valence electrons. The van der Waals surface area contributed by atoms with Gasteiger partial charge in [-0.05, 0) is 46.7 Å². The second kappa shape index (κ2) is 3.87. The van der Waals surface area contributed by atoms with Crippen molar-refractivity contribution in [2.24, 2.45) is 0 Å². The van der Waals surface area contributed by atoms with E-state index in [-0.39, 0.29) is 6.61 Å². The van der Waals surface area contributed by atoms with Crippen molar-refractivity contribution >= 4 is 22.6 Å². The molecule has 0 radical (unpaired) electrons. The Balaban J connectivity index is 3.32. The molecule has 0 aliphatic carbocycles. The average Bonchev–Trinajstić information content (AvgIpc) is 2.10. The second-order valence-electron chi connectivity index (χ2n) is 2.48. The maximum Gasteiger partial charge on any atom is 0.100 e. The summed E-state index contributed by atoms with van der Waals surface area (Å²) in [7, 11) is 0. The third-order valence-electron chi connectivity index (χ3n) is 1.79. The van der Waals surface area contributed by atoms with Crippen molar-refractivity contribution in [1.82, 2.24) is 0 Å². The van der Waals surface area contributed by atoms with Gasteiger partial charge >= 0.3 is 0 Å². The average molecular weight is 273 g/mol. The van der Waals surface area contributed by atoms with E-state index in [4.69, 9.17) is 10.4 Å². The van der Waals surface area contributed by atoms with E-state index in [1.807, 2.05) is 6.92 Å². The van der Waals surface area contributed by atoms with Gasteiger partial charge in [0.05, 0.1) is 12.2 Å². The van der Waals surface area contributed by atoms with Crippen LogP contribution in [0, 0.1) is 21.8 Å². The smallest absolute Gasteiger partial charge is 0.100 e. The number of hydrogen-bond acceptors (Lipinski definition) is 2. The molecule has 0 bridgehead atoms. The Bertz CT molecular complexity index is 341. The first-order valence-electron chi connectivity index (χ1n) is 3.49. The molecular weight excluding hydrogens is 265 g/mol. The quantitative estimate of drug-likeness (QED) is 0.795. The topological polar surface area (TPSA) is 44.0 Å². The lowest BCUT2D eigenvalue weighted by molar-refractivity contribution is 0.281. The molecule has 3 heteroatoms. The van der Waals surface area contributed by atoms with E-state index in [9.17, 15) is 0 Å². The summed E-state index contributed by atoms with van der Waals surface area (Å²) in [6.07, 6.45) is 0. The third-order valence-corrected chi connectivity index (χ3v) is 3.18. The fourth-order valence-corrected chi connectivity index (χ4v) is 1.63. The van der Waals surface area contributed by atoms with Gasteiger partial charge < -0.3 is 5.11 Å². The third kappa shape index (κ3) is 1.59. The molecule has 0 aliphatic heterocycles. The molecule has 0 saturated carbocycles. The molecule has 0 aromatic heterocycles. The minimum absolute atomic E-state index is 0.0353. The van der Waals surface area contributed by atoms with Crippen LogP contribution in [0.2, 0.25) is 0 Å². The van der Waals surface area contributed by atoms with Crippen LogP contribution >= 0.6 is 22.6 Å². The molecule has 1 rings (SSSR count). The van der Waals surface area contributed by atoms with E-state index in [0.717, 1.165) is 14.7 Å². The molecule has 2 nitrogen and oxygen atoms in total. The SMILES string of the molecule is Cc1c(CO)ccc(C#N)c1I. The maximum atomic E-state index is 8.92. The van der Waals surface area contributed by atoms with Crippen LogP contribution in [0.5, 0.6) is 0 Å². The van der Waals surface area contributed by atoms with Crippen molar-refractivity contribution in [3.63, 3.8) is 0 Å². The van der Waals surface area contributed by atoms with Gasteiger partial charge in [-0.1, -0.05) is 6.07 Å². The van der Waals surface area contributed by atoms with Gasteiger partial charge in [-0.25, -0.2) is 0 Å². The molecule has 0 amide bonds. The maximum absolute atomic E-state index is 8.92. The zero-order chi connectivity index (χ0) is 9.14. The first kappa shape index (κ1) is 9.49. The highest BCUT2D eigenvalue weighted by molar-refractivity contribution is 14.1. The number of aliphatic hydroxyl groups excluding tert-OH is 1. The zero-order valence-corrected chi connectivity index (χ0v) is 8.79. The molecule has 1 aromatic rings. The van der Waals surface area contributed by atoms with E-state index in [2.05, 4.69) is 28.7 Å². The van der Waals surface area contributed by atoms with Gasteiger partial charge in [0.15, 0.2) is 0 Å². The summed E-state index contributed by atoms with van der Waals surface area (Å²) in [6, 6.07) is 5.62. The monoisotopic (exact) mass is 273 g/mol. The lowest BCUT2D eigenvalue weighted by Crippen LogP contribution is -1.94.